The molecule has 2 aliphatic rings. The second-order valence-corrected chi connectivity index (χ2v) is 6.01. The Hall–Kier alpha value is -1.88. The molecule has 118 valence electrons. The van der Waals surface area contributed by atoms with Gasteiger partial charge in [0.05, 0.1) is 0 Å². The van der Waals surface area contributed by atoms with Crippen LogP contribution in [0.4, 0.5) is 5.69 Å². The highest BCUT2D eigenvalue weighted by molar-refractivity contribution is 5.94. The molecular formula is C17H23N3O2. The third-order valence-electron chi connectivity index (χ3n) is 4.61. The van der Waals surface area contributed by atoms with Gasteiger partial charge in [-0.3, -0.25) is 14.5 Å². The van der Waals surface area contributed by atoms with Crippen molar-refractivity contribution in [3.8, 4) is 0 Å². The molecule has 0 spiro atoms. The number of benzene rings is 1. The summed E-state index contributed by atoms with van der Waals surface area (Å²) in [5.74, 6) is 0.213. The van der Waals surface area contributed by atoms with E-state index in [1.54, 1.807) is 4.90 Å². The summed E-state index contributed by atoms with van der Waals surface area (Å²) >= 11 is 0. The molecule has 1 aromatic rings. The number of aryl methyl sites for hydroxylation is 1. The predicted octanol–water partition coefficient (Wildman–Crippen LogP) is 1.13. The van der Waals surface area contributed by atoms with E-state index in [1.807, 2.05) is 17.0 Å². The first-order chi connectivity index (χ1) is 10.8. The molecule has 1 aromatic carbocycles. The average Bonchev–Trinajstić information content (AvgIpc) is 2.59. The number of carbonyl (C=O) groups excluding carboxylic acids is 2. The van der Waals surface area contributed by atoms with Crippen LogP contribution in [-0.4, -0.2) is 61.4 Å². The van der Waals surface area contributed by atoms with E-state index in [2.05, 4.69) is 17.0 Å². The first kappa shape index (κ1) is 15.0. The summed E-state index contributed by atoms with van der Waals surface area (Å²) in [5, 5.41) is 0. The lowest BCUT2D eigenvalue weighted by Crippen LogP contribution is -2.47. The van der Waals surface area contributed by atoms with Gasteiger partial charge >= 0.3 is 0 Å². The van der Waals surface area contributed by atoms with Crippen LogP contribution in [-0.2, 0) is 16.0 Å². The second-order valence-electron chi connectivity index (χ2n) is 6.01. The van der Waals surface area contributed by atoms with Crippen molar-refractivity contribution in [2.75, 3.05) is 44.2 Å². The molecule has 5 heteroatoms. The maximum Gasteiger partial charge on any atom is 0.228 e. The van der Waals surface area contributed by atoms with Crippen molar-refractivity contribution in [3.63, 3.8) is 0 Å². The molecule has 5 nitrogen and oxygen atoms in total. The van der Waals surface area contributed by atoms with Gasteiger partial charge in [-0.1, -0.05) is 18.2 Å². The van der Waals surface area contributed by atoms with Gasteiger partial charge in [-0.25, -0.2) is 0 Å². The van der Waals surface area contributed by atoms with Crippen molar-refractivity contribution in [1.82, 2.24) is 9.80 Å². The number of nitrogens with zero attached hydrogens (tertiary/aromatic N) is 3. The van der Waals surface area contributed by atoms with Gasteiger partial charge in [0.1, 0.15) is 0 Å². The van der Waals surface area contributed by atoms with Crippen LogP contribution < -0.4 is 4.90 Å². The van der Waals surface area contributed by atoms with Gasteiger partial charge in [0.15, 0.2) is 0 Å². The Morgan fingerprint density at radius 3 is 2.64 bits per heavy atom. The zero-order valence-corrected chi connectivity index (χ0v) is 12.9. The number of amides is 2. The van der Waals surface area contributed by atoms with Gasteiger partial charge in [-0.15, -0.1) is 0 Å². The number of anilines is 1. The van der Waals surface area contributed by atoms with Gasteiger partial charge in [-0.2, -0.15) is 0 Å². The Balaban J connectivity index is 1.54. The molecule has 0 aliphatic carbocycles. The van der Waals surface area contributed by atoms with E-state index in [1.165, 1.54) is 5.56 Å². The minimum atomic E-state index is 0.213. The topological polar surface area (TPSA) is 43.9 Å². The molecule has 2 heterocycles. The van der Waals surface area contributed by atoms with Crippen molar-refractivity contribution in [2.45, 2.75) is 19.3 Å². The number of carbonyl (C=O) groups is 2. The molecule has 22 heavy (non-hydrogen) atoms. The highest BCUT2D eigenvalue weighted by atomic mass is 16.2. The number of piperazine rings is 1. The molecule has 0 bridgehead atoms. The fourth-order valence-corrected chi connectivity index (χ4v) is 3.27. The quantitative estimate of drug-likeness (QED) is 0.783. The summed E-state index contributed by atoms with van der Waals surface area (Å²) in [7, 11) is 0. The van der Waals surface area contributed by atoms with Crippen molar-refractivity contribution in [2.24, 2.45) is 0 Å². The zero-order chi connectivity index (χ0) is 15.4. The Morgan fingerprint density at radius 2 is 1.86 bits per heavy atom. The van der Waals surface area contributed by atoms with Crippen molar-refractivity contribution in [3.05, 3.63) is 29.8 Å². The Bertz CT molecular complexity index is 538. The largest absolute Gasteiger partial charge is 0.343 e. The van der Waals surface area contributed by atoms with Gasteiger partial charge in [0.25, 0.3) is 0 Å². The fraction of sp³-hybridized carbons (Fsp3) is 0.529. The lowest BCUT2D eigenvalue weighted by molar-refractivity contribution is -0.121. The summed E-state index contributed by atoms with van der Waals surface area (Å²) in [6, 6.07) is 8.21. The van der Waals surface area contributed by atoms with Crippen LogP contribution in [0.5, 0.6) is 0 Å². The van der Waals surface area contributed by atoms with Gasteiger partial charge in [0.2, 0.25) is 12.3 Å². The molecule has 1 fully saturated rings. The zero-order valence-electron chi connectivity index (χ0n) is 12.9. The molecule has 0 N–H and O–H groups in total. The SMILES string of the molecule is O=CN1CCN(CCC(=O)N2CCCc3ccccc32)CC1. The standard InChI is InChI=1S/C17H23N3O2/c21-14-19-12-10-18(11-13-19)9-7-17(22)20-8-3-5-15-4-1-2-6-16(15)20/h1-2,4,6,14H,3,5,7-13H2. The first-order valence-electron chi connectivity index (χ1n) is 8.08. The molecule has 0 saturated carbocycles. The molecule has 0 radical (unpaired) electrons. The lowest BCUT2D eigenvalue weighted by atomic mass is 10.0. The second kappa shape index (κ2) is 6.92. The lowest BCUT2D eigenvalue weighted by Gasteiger charge is -2.33. The molecular weight excluding hydrogens is 278 g/mol. The van der Waals surface area contributed by atoms with E-state index in [0.717, 1.165) is 64.2 Å². The number of hydrogen-bond acceptors (Lipinski definition) is 3. The molecule has 2 aliphatic heterocycles. The van der Waals surface area contributed by atoms with Crippen LogP contribution in [0.15, 0.2) is 24.3 Å². The van der Waals surface area contributed by atoms with E-state index in [0.29, 0.717) is 6.42 Å². The van der Waals surface area contributed by atoms with Crippen molar-refractivity contribution < 1.29 is 9.59 Å². The van der Waals surface area contributed by atoms with Gasteiger partial charge in [-0.05, 0) is 24.5 Å². The predicted molar refractivity (Wildman–Crippen MR) is 85.8 cm³/mol. The van der Waals surface area contributed by atoms with E-state index in [-0.39, 0.29) is 5.91 Å². The summed E-state index contributed by atoms with van der Waals surface area (Å²) in [5.41, 5.74) is 2.37. The molecule has 0 unspecified atom stereocenters. The maximum absolute atomic E-state index is 12.6. The maximum atomic E-state index is 12.6. The fourth-order valence-electron chi connectivity index (χ4n) is 3.27. The third-order valence-corrected chi connectivity index (χ3v) is 4.61. The van der Waals surface area contributed by atoms with E-state index in [9.17, 15) is 9.59 Å². The Labute approximate surface area is 131 Å². The highest BCUT2D eigenvalue weighted by Crippen LogP contribution is 2.27. The minimum Gasteiger partial charge on any atom is -0.343 e. The Morgan fingerprint density at radius 1 is 1.09 bits per heavy atom. The van der Waals surface area contributed by atoms with Gasteiger partial charge in [0, 0.05) is 51.4 Å². The van der Waals surface area contributed by atoms with Crippen molar-refractivity contribution >= 4 is 18.0 Å². The van der Waals surface area contributed by atoms with E-state index < -0.39 is 0 Å². The van der Waals surface area contributed by atoms with Crippen LogP contribution in [0, 0.1) is 0 Å². The first-order valence-corrected chi connectivity index (χ1v) is 8.08. The van der Waals surface area contributed by atoms with Crippen LogP contribution >= 0.6 is 0 Å². The number of rotatable bonds is 4. The normalized spacial score (nSPS) is 18.9. The smallest absolute Gasteiger partial charge is 0.228 e. The number of fused-ring (bicyclic) bond motifs is 1. The van der Waals surface area contributed by atoms with Gasteiger partial charge < -0.3 is 9.80 Å². The molecule has 2 amide bonds. The van der Waals surface area contributed by atoms with Crippen LogP contribution in [0.25, 0.3) is 0 Å². The Kier molecular flexibility index (Phi) is 4.73. The summed E-state index contributed by atoms with van der Waals surface area (Å²) in [6.45, 7) is 4.87. The number of para-hydroxylation sites is 1. The highest BCUT2D eigenvalue weighted by Gasteiger charge is 2.23. The van der Waals surface area contributed by atoms with E-state index in [4.69, 9.17) is 0 Å². The van der Waals surface area contributed by atoms with Crippen LogP contribution in [0.1, 0.15) is 18.4 Å². The van der Waals surface area contributed by atoms with Crippen LogP contribution in [0.3, 0.4) is 0 Å². The van der Waals surface area contributed by atoms with Crippen LogP contribution in [0.2, 0.25) is 0 Å². The summed E-state index contributed by atoms with van der Waals surface area (Å²) in [6.07, 6.45) is 3.57. The third kappa shape index (κ3) is 3.30. The van der Waals surface area contributed by atoms with E-state index >= 15 is 0 Å². The molecule has 3 rings (SSSR count). The minimum absolute atomic E-state index is 0.213. The average molecular weight is 301 g/mol. The summed E-state index contributed by atoms with van der Waals surface area (Å²) < 4.78 is 0. The number of hydrogen-bond donors (Lipinski definition) is 0. The monoisotopic (exact) mass is 301 g/mol. The van der Waals surface area contributed by atoms with Crippen molar-refractivity contribution in [1.29, 1.82) is 0 Å². The molecule has 1 saturated heterocycles. The molecule has 0 atom stereocenters. The molecule has 0 aromatic heterocycles. The summed E-state index contributed by atoms with van der Waals surface area (Å²) in [4.78, 5) is 29.3.